The minimum atomic E-state index is -0.172. The zero-order valence-corrected chi connectivity index (χ0v) is 17.5. The number of para-hydroxylation sites is 2. The van der Waals surface area contributed by atoms with E-state index < -0.39 is 0 Å². The average Bonchev–Trinajstić information content (AvgIpc) is 2.81. The molecule has 1 fully saturated rings. The minimum Gasteiger partial charge on any atom is -0.490 e. The standard InChI is InChI=1S/C24H27N3O4/c28-22(11-12-24(30)27-14-15-31-21-9-2-1-8-20(21)27)25-17-18-6-5-7-19(16-18)26-13-4-3-10-23(26)29/h1-2,5-9,16H,3-4,10-15,17H2,(H,25,28). The average molecular weight is 421 g/mol. The van der Waals surface area contributed by atoms with E-state index in [2.05, 4.69) is 5.32 Å². The van der Waals surface area contributed by atoms with Crippen molar-refractivity contribution in [3.05, 3.63) is 54.1 Å². The molecule has 4 rings (SSSR count). The minimum absolute atomic E-state index is 0.0866. The van der Waals surface area contributed by atoms with Gasteiger partial charge in [-0.25, -0.2) is 0 Å². The molecule has 162 valence electrons. The van der Waals surface area contributed by atoms with Crippen LogP contribution in [0.1, 0.15) is 37.7 Å². The fourth-order valence-electron chi connectivity index (χ4n) is 3.99. The zero-order valence-electron chi connectivity index (χ0n) is 17.5. The first-order valence-corrected chi connectivity index (χ1v) is 10.8. The number of carbonyl (C=O) groups excluding carboxylic acids is 3. The van der Waals surface area contributed by atoms with Crippen molar-refractivity contribution in [2.75, 3.05) is 29.5 Å². The number of hydrogen-bond acceptors (Lipinski definition) is 4. The normalized spacial score (nSPS) is 15.8. The molecule has 0 aromatic heterocycles. The SMILES string of the molecule is O=C(CCC(=O)N1CCOc2ccccc21)NCc1cccc(N2CCCCC2=O)c1. The Morgan fingerprint density at radius 3 is 2.74 bits per heavy atom. The van der Waals surface area contributed by atoms with E-state index in [9.17, 15) is 14.4 Å². The molecule has 0 aliphatic carbocycles. The molecule has 0 atom stereocenters. The Morgan fingerprint density at radius 1 is 1.00 bits per heavy atom. The molecule has 0 radical (unpaired) electrons. The van der Waals surface area contributed by atoms with Crippen LogP contribution >= 0.6 is 0 Å². The number of benzene rings is 2. The summed E-state index contributed by atoms with van der Waals surface area (Å²) < 4.78 is 5.58. The molecular weight excluding hydrogens is 394 g/mol. The smallest absolute Gasteiger partial charge is 0.227 e. The maximum absolute atomic E-state index is 12.6. The van der Waals surface area contributed by atoms with E-state index in [0.29, 0.717) is 31.9 Å². The number of anilines is 2. The van der Waals surface area contributed by atoms with Crippen LogP contribution in [0.4, 0.5) is 11.4 Å². The van der Waals surface area contributed by atoms with Crippen LogP contribution in [0, 0.1) is 0 Å². The van der Waals surface area contributed by atoms with E-state index in [1.807, 2.05) is 53.4 Å². The topological polar surface area (TPSA) is 79.0 Å². The predicted octanol–water partition coefficient (Wildman–Crippen LogP) is 3.03. The maximum atomic E-state index is 12.6. The van der Waals surface area contributed by atoms with Crippen LogP contribution < -0.4 is 19.9 Å². The van der Waals surface area contributed by atoms with Gasteiger partial charge in [0.05, 0.1) is 12.2 Å². The van der Waals surface area contributed by atoms with Gasteiger partial charge in [-0.3, -0.25) is 14.4 Å². The lowest BCUT2D eigenvalue weighted by Crippen LogP contribution is -2.38. The van der Waals surface area contributed by atoms with Gasteiger partial charge in [-0.05, 0) is 42.7 Å². The van der Waals surface area contributed by atoms with Gasteiger partial charge < -0.3 is 19.9 Å². The first-order valence-electron chi connectivity index (χ1n) is 10.8. The fraction of sp³-hybridized carbons (Fsp3) is 0.375. The van der Waals surface area contributed by atoms with Crippen molar-refractivity contribution < 1.29 is 19.1 Å². The predicted molar refractivity (Wildman–Crippen MR) is 118 cm³/mol. The summed E-state index contributed by atoms with van der Waals surface area (Å²) in [6.07, 6.45) is 2.81. The highest BCUT2D eigenvalue weighted by molar-refractivity contribution is 5.97. The molecule has 2 aliphatic rings. The molecule has 2 aliphatic heterocycles. The summed E-state index contributed by atoms with van der Waals surface area (Å²) in [6, 6.07) is 15.1. The van der Waals surface area contributed by atoms with Gasteiger partial charge in [0.2, 0.25) is 17.7 Å². The Kier molecular flexibility index (Phi) is 6.50. The summed E-state index contributed by atoms with van der Waals surface area (Å²) in [6.45, 7) is 2.04. The van der Waals surface area contributed by atoms with Crippen molar-refractivity contribution >= 4 is 29.1 Å². The van der Waals surface area contributed by atoms with Gasteiger partial charge in [0.25, 0.3) is 0 Å². The molecule has 1 N–H and O–H groups in total. The van der Waals surface area contributed by atoms with Crippen molar-refractivity contribution in [3.63, 3.8) is 0 Å². The second-order valence-corrected chi connectivity index (χ2v) is 7.81. The number of hydrogen-bond donors (Lipinski definition) is 1. The van der Waals surface area contributed by atoms with Crippen LogP contribution in [-0.2, 0) is 20.9 Å². The highest BCUT2D eigenvalue weighted by atomic mass is 16.5. The summed E-state index contributed by atoms with van der Waals surface area (Å²) in [5.41, 5.74) is 2.55. The third-order valence-electron chi connectivity index (χ3n) is 5.63. The highest BCUT2D eigenvalue weighted by Crippen LogP contribution is 2.31. The lowest BCUT2D eigenvalue weighted by molar-refractivity contribution is -0.125. The molecule has 2 aromatic carbocycles. The second kappa shape index (κ2) is 9.64. The van der Waals surface area contributed by atoms with E-state index in [1.165, 1.54) is 0 Å². The van der Waals surface area contributed by atoms with Gasteiger partial charge in [-0.1, -0.05) is 24.3 Å². The van der Waals surface area contributed by atoms with Crippen LogP contribution in [-0.4, -0.2) is 37.4 Å². The van der Waals surface area contributed by atoms with Crippen molar-refractivity contribution in [1.29, 1.82) is 0 Å². The Morgan fingerprint density at radius 2 is 1.87 bits per heavy atom. The molecule has 3 amide bonds. The van der Waals surface area contributed by atoms with E-state index in [-0.39, 0.29) is 30.6 Å². The molecule has 0 bridgehead atoms. The van der Waals surface area contributed by atoms with Crippen molar-refractivity contribution in [3.8, 4) is 5.75 Å². The highest BCUT2D eigenvalue weighted by Gasteiger charge is 2.23. The third kappa shape index (κ3) is 5.05. The number of ether oxygens (including phenoxy) is 1. The summed E-state index contributed by atoms with van der Waals surface area (Å²) in [5, 5.41) is 2.88. The summed E-state index contributed by atoms with van der Waals surface area (Å²) in [7, 11) is 0. The number of rotatable bonds is 6. The van der Waals surface area contributed by atoms with Gasteiger partial charge in [-0.15, -0.1) is 0 Å². The summed E-state index contributed by atoms with van der Waals surface area (Å²) in [5.74, 6) is 0.583. The Labute approximate surface area is 182 Å². The van der Waals surface area contributed by atoms with E-state index in [1.54, 1.807) is 4.90 Å². The van der Waals surface area contributed by atoms with Gasteiger partial charge in [0, 0.05) is 38.0 Å². The van der Waals surface area contributed by atoms with Crippen LogP contribution in [0.5, 0.6) is 5.75 Å². The molecule has 7 nitrogen and oxygen atoms in total. The van der Waals surface area contributed by atoms with Crippen molar-refractivity contribution in [2.45, 2.75) is 38.6 Å². The van der Waals surface area contributed by atoms with E-state index in [0.717, 1.165) is 36.3 Å². The molecule has 0 unspecified atom stereocenters. The molecule has 1 saturated heterocycles. The molecule has 0 saturated carbocycles. The van der Waals surface area contributed by atoms with Gasteiger partial charge >= 0.3 is 0 Å². The molecule has 0 spiro atoms. The van der Waals surface area contributed by atoms with Crippen LogP contribution in [0.2, 0.25) is 0 Å². The van der Waals surface area contributed by atoms with Crippen LogP contribution in [0.15, 0.2) is 48.5 Å². The Hall–Kier alpha value is -3.35. The third-order valence-corrected chi connectivity index (χ3v) is 5.63. The van der Waals surface area contributed by atoms with Crippen molar-refractivity contribution in [1.82, 2.24) is 5.32 Å². The number of carbonyl (C=O) groups is 3. The molecule has 2 aromatic rings. The van der Waals surface area contributed by atoms with E-state index in [4.69, 9.17) is 4.74 Å². The van der Waals surface area contributed by atoms with Crippen molar-refractivity contribution in [2.24, 2.45) is 0 Å². The summed E-state index contributed by atoms with van der Waals surface area (Å²) >= 11 is 0. The van der Waals surface area contributed by atoms with E-state index >= 15 is 0 Å². The molecule has 7 heteroatoms. The number of fused-ring (bicyclic) bond motifs is 1. The first-order chi connectivity index (χ1) is 15.1. The Bertz CT molecular complexity index is 975. The molecular formula is C24H27N3O4. The fourth-order valence-corrected chi connectivity index (χ4v) is 3.99. The van der Waals surface area contributed by atoms with Gasteiger partial charge in [0.15, 0.2) is 0 Å². The largest absolute Gasteiger partial charge is 0.490 e. The zero-order chi connectivity index (χ0) is 21.6. The van der Waals surface area contributed by atoms with Crippen LogP contribution in [0.25, 0.3) is 0 Å². The quantitative estimate of drug-likeness (QED) is 0.778. The number of amides is 3. The number of piperidine rings is 1. The maximum Gasteiger partial charge on any atom is 0.227 e. The van der Waals surface area contributed by atoms with Gasteiger partial charge in [0.1, 0.15) is 12.4 Å². The lowest BCUT2D eigenvalue weighted by Gasteiger charge is -2.29. The summed E-state index contributed by atoms with van der Waals surface area (Å²) in [4.78, 5) is 40.6. The monoisotopic (exact) mass is 421 g/mol. The number of nitrogens with zero attached hydrogens (tertiary/aromatic N) is 2. The molecule has 31 heavy (non-hydrogen) atoms. The van der Waals surface area contributed by atoms with Crippen LogP contribution in [0.3, 0.4) is 0 Å². The number of nitrogens with one attached hydrogen (secondary N) is 1. The first kappa shape index (κ1) is 20.9. The van der Waals surface area contributed by atoms with Gasteiger partial charge in [-0.2, -0.15) is 0 Å². The second-order valence-electron chi connectivity index (χ2n) is 7.81. The Balaban J connectivity index is 1.28. The molecule has 2 heterocycles. The lowest BCUT2D eigenvalue weighted by atomic mass is 10.1.